The molecule has 0 bridgehead atoms. The molecule has 1 N–H and O–H groups in total. The van der Waals surface area contributed by atoms with Gasteiger partial charge in [-0.05, 0) is 42.3 Å². The number of benzene rings is 2. The van der Waals surface area contributed by atoms with Gasteiger partial charge in [0, 0.05) is 22.2 Å². The molecule has 0 aliphatic rings. The summed E-state index contributed by atoms with van der Waals surface area (Å²) in [5.74, 6) is 0.723. The quantitative estimate of drug-likeness (QED) is 0.875. The van der Waals surface area contributed by atoms with E-state index in [9.17, 15) is 4.79 Å². The van der Waals surface area contributed by atoms with Gasteiger partial charge in [-0.25, -0.2) is 0 Å². The average molecular weight is 324 g/mol. The fourth-order valence-corrected chi connectivity index (χ4v) is 2.43. The lowest BCUT2D eigenvalue weighted by atomic mass is 10.1. The Hall–Kier alpha value is -1.71. The van der Waals surface area contributed by atoms with E-state index in [1.165, 1.54) is 0 Å². The van der Waals surface area contributed by atoms with E-state index in [0.717, 1.165) is 11.3 Å². The Morgan fingerprint density at radius 1 is 1.10 bits per heavy atom. The van der Waals surface area contributed by atoms with Gasteiger partial charge in [0.15, 0.2) is 0 Å². The summed E-state index contributed by atoms with van der Waals surface area (Å²) in [7, 11) is 1.62. The van der Waals surface area contributed by atoms with Crippen LogP contribution in [-0.2, 0) is 11.2 Å². The zero-order valence-electron chi connectivity index (χ0n) is 11.5. The van der Waals surface area contributed by atoms with Crippen LogP contribution >= 0.6 is 23.2 Å². The Kier molecular flexibility index (Phi) is 5.48. The number of hydrogen-bond acceptors (Lipinski definition) is 2. The van der Waals surface area contributed by atoms with Gasteiger partial charge in [0.1, 0.15) is 5.75 Å². The van der Waals surface area contributed by atoms with E-state index >= 15 is 0 Å². The van der Waals surface area contributed by atoms with E-state index in [0.29, 0.717) is 28.6 Å². The first-order valence-corrected chi connectivity index (χ1v) is 7.21. The summed E-state index contributed by atoms with van der Waals surface area (Å²) in [6, 6.07) is 12.6. The summed E-state index contributed by atoms with van der Waals surface area (Å²) in [5.41, 5.74) is 1.68. The maximum absolute atomic E-state index is 11.9. The van der Waals surface area contributed by atoms with Crippen LogP contribution in [0.4, 0.5) is 5.69 Å². The zero-order chi connectivity index (χ0) is 15.2. The second kappa shape index (κ2) is 7.34. The number of hydrogen-bond donors (Lipinski definition) is 1. The molecule has 0 spiro atoms. The SMILES string of the molecule is COc1ccc(CCC(=O)Nc2cc(Cl)cc(Cl)c2)cc1. The standard InChI is InChI=1S/C16H15Cl2NO2/c1-21-15-5-2-11(3-6-15)4-7-16(20)19-14-9-12(17)8-13(18)10-14/h2-3,5-6,8-10H,4,7H2,1H3,(H,19,20). The van der Waals surface area contributed by atoms with Crippen molar-refractivity contribution in [1.82, 2.24) is 0 Å². The molecule has 3 nitrogen and oxygen atoms in total. The van der Waals surface area contributed by atoms with E-state index in [1.54, 1.807) is 25.3 Å². The van der Waals surface area contributed by atoms with Gasteiger partial charge in [-0.3, -0.25) is 4.79 Å². The number of anilines is 1. The van der Waals surface area contributed by atoms with Crippen molar-refractivity contribution in [2.45, 2.75) is 12.8 Å². The summed E-state index contributed by atoms with van der Waals surface area (Å²) >= 11 is 11.8. The monoisotopic (exact) mass is 323 g/mol. The van der Waals surface area contributed by atoms with E-state index in [2.05, 4.69) is 5.32 Å². The lowest BCUT2D eigenvalue weighted by molar-refractivity contribution is -0.116. The number of carbonyl (C=O) groups excluding carboxylic acids is 1. The third-order valence-electron chi connectivity index (χ3n) is 2.95. The van der Waals surface area contributed by atoms with Crippen LogP contribution in [0.25, 0.3) is 0 Å². The normalized spacial score (nSPS) is 10.2. The molecule has 0 heterocycles. The number of halogens is 2. The van der Waals surface area contributed by atoms with Crippen molar-refractivity contribution in [3.63, 3.8) is 0 Å². The molecule has 2 aromatic rings. The fraction of sp³-hybridized carbons (Fsp3) is 0.188. The number of nitrogens with one attached hydrogen (secondary N) is 1. The van der Waals surface area contributed by atoms with Gasteiger partial charge in [0.05, 0.1) is 7.11 Å². The number of methoxy groups -OCH3 is 1. The van der Waals surface area contributed by atoms with Crippen molar-refractivity contribution in [2.24, 2.45) is 0 Å². The maximum Gasteiger partial charge on any atom is 0.224 e. The average Bonchev–Trinajstić information content (AvgIpc) is 2.44. The number of ether oxygens (including phenoxy) is 1. The van der Waals surface area contributed by atoms with Crippen LogP contribution in [0.5, 0.6) is 5.75 Å². The topological polar surface area (TPSA) is 38.3 Å². The summed E-state index contributed by atoms with van der Waals surface area (Å²) in [6.45, 7) is 0. The number of rotatable bonds is 5. The Bertz CT molecular complexity index is 606. The minimum absolute atomic E-state index is 0.0795. The number of carbonyl (C=O) groups is 1. The van der Waals surface area contributed by atoms with Gasteiger partial charge >= 0.3 is 0 Å². The van der Waals surface area contributed by atoms with Crippen molar-refractivity contribution in [3.05, 3.63) is 58.1 Å². The van der Waals surface area contributed by atoms with Gasteiger partial charge in [-0.1, -0.05) is 35.3 Å². The highest BCUT2D eigenvalue weighted by atomic mass is 35.5. The summed E-state index contributed by atoms with van der Waals surface area (Å²) in [5, 5.41) is 3.77. The smallest absolute Gasteiger partial charge is 0.224 e. The predicted octanol–water partition coefficient (Wildman–Crippen LogP) is 4.57. The Balaban J connectivity index is 1.89. The first-order valence-electron chi connectivity index (χ1n) is 6.45. The molecule has 2 aromatic carbocycles. The molecule has 0 unspecified atom stereocenters. The van der Waals surface area contributed by atoms with Crippen LogP contribution in [0.3, 0.4) is 0 Å². The first kappa shape index (κ1) is 15.7. The Morgan fingerprint density at radius 2 is 1.71 bits per heavy atom. The third kappa shape index (κ3) is 4.96. The van der Waals surface area contributed by atoms with Crippen LogP contribution in [0.15, 0.2) is 42.5 Å². The highest BCUT2D eigenvalue weighted by Crippen LogP contribution is 2.22. The van der Waals surface area contributed by atoms with Gasteiger partial charge in [0.2, 0.25) is 5.91 Å². The molecule has 0 saturated carbocycles. The zero-order valence-corrected chi connectivity index (χ0v) is 13.0. The Morgan fingerprint density at radius 3 is 2.29 bits per heavy atom. The van der Waals surface area contributed by atoms with Crippen LogP contribution in [-0.4, -0.2) is 13.0 Å². The fourth-order valence-electron chi connectivity index (χ4n) is 1.90. The summed E-state index contributed by atoms with van der Waals surface area (Å²) < 4.78 is 5.09. The molecule has 1 amide bonds. The lowest BCUT2D eigenvalue weighted by Crippen LogP contribution is -2.12. The molecule has 0 aliphatic carbocycles. The van der Waals surface area contributed by atoms with E-state index < -0.39 is 0 Å². The molecular formula is C16H15Cl2NO2. The van der Waals surface area contributed by atoms with Crippen LogP contribution in [0.1, 0.15) is 12.0 Å². The van der Waals surface area contributed by atoms with Crippen molar-refractivity contribution in [1.29, 1.82) is 0 Å². The Labute approximate surface area is 133 Å². The summed E-state index contributed by atoms with van der Waals surface area (Å²) in [6.07, 6.45) is 1.04. The minimum Gasteiger partial charge on any atom is -0.497 e. The largest absolute Gasteiger partial charge is 0.497 e. The number of amides is 1. The number of aryl methyl sites for hydroxylation is 1. The van der Waals surface area contributed by atoms with Gasteiger partial charge in [-0.2, -0.15) is 0 Å². The second-order valence-electron chi connectivity index (χ2n) is 4.55. The molecule has 5 heteroatoms. The molecule has 0 aromatic heterocycles. The molecule has 0 fully saturated rings. The molecule has 0 radical (unpaired) electrons. The molecule has 0 saturated heterocycles. The van der Waals surface area contributed by atoms with Crippen molar-refractivity contribution < 1.29 is 9.53 Å². The molecule has 0 aliphatic heterocycles. The minimum atomic E-state index is -0.0795. The van der Waals surface area contributed by atoms with Crippen molar-refractivity contribution in [2.75, 3.05) is 12.4 Å². The molecule has 0 atom stereocenters. The van der Waals surface area contributed by atoms with Gasteiger partial charge in [0.25, 0.3) is 0 Å². The molecule has 110 valence electrons. The predicted molar refractivity (Wildman–Crippen MR) is 86.4 cm³/mol. The van der Waals surface area contributed by atoms with Crippen molar-refractivity contribution >= 4 is 34.8 Å². The van der Waals surface area contributed by atoms with E-state index in [-0.39, 0.29) is 5.91 Å². The maximum atomic E-state index is 11.9. The van der Waals surface area contributed by atoms with Crippen molar-refractivity contribution in [3.8, 4) is 5.75 Å². The van der Waals surface area contributed by atoms with Crippen LogP contribution in [0.2, 0.25) is 10.0 Å². The first-order chi connectivity index (χ1) is 10.1. The van der Waals surface area contributed by atoms with Gasteiger partial charge in [-0.15, -0.1) is 0 Å². The van der Waals surface area contributed by atoms with Crippen LogP contribution < -0.4 is 10.1 Å². The second-order valence-corrected chi connectivity index (χ2v) is 5.43. The summed E-state index contributed by atoms with van der Waals surface area (Å²) in [4.78, 5) is 11.9. The van der Waals surface area contributed by atoms with Crippen LogP contribution in [0, 0.1) is 0 Å². The molecule has 21 heavy (non-hydrogen) atoms. The van der Waals surface area contributed by atoms with E-state index in [4.69, 9.17) is 27.9 Å². The highest BCUT2D eigenvalue weighted by molar-refractivity contribution is 6.35. The van der Waals surface area contributed by atoms with E-state index in [1.807, 2.05) is 24.3 Å². The third-order valence-corrected chi connectivity index (χ3v) is 3.38. The van der Waals surface area contributed by atoms with Gasteiger partial charge < -0.3 is 10.1 Å². The molecule has 2 rings (SSSR count). The molecular weight excluding hydrogens is 309 g/mol. The highest BCUT2D eigenvalue weighted by Gasteiger charge is 2.05. The lowest BCUT2D eigenvalue weighted by Gasteiger charge is -2.07.